The van der Waals surface area contributed by atoms with Gasteiger partial charge in [-0.05, 0) is 38.3 Å². The van der Waals surface area contributed by atoms with Gasteiger partial charge in [0.05, 0.1) is 17.1 Å². The Hall–Kier alpha value is -2.81. The molecule has 2 aromatic heterocycles. The van der Waals surface area contributed by atoms with Crippen molar-refractivity contribution in [1.29, 1.82) is 0 Å². The van der Waals surface area contributed by atoms with Crippen LogP contribution in [0.25, 0.3) is 5.69 Å². The number of nitrogens with zero attached hydrogens (tertiary/aromatic N) is 5. The van der Waals surface area contributed by atoms with Gasteiger partial charge in [-0.3, -0.25) is 14.3 Å². The second-order valence-corrected chi connectivity index (χ2v) is 8.48. The summed E-state index contributed by atoms with van der Waals surface area (Å²) in [6, 6.07) is 9.37. The molecule has 158 valence electrons. The van der Waals surface area contributed by atoms with Gasteiger partial charge < -0.3 is 9.88 Å². The molecule has 0 bridgehead atoms. The Morgan fingerprint density at radius 2 is 1.97 bits per heavy atom. The predicted molar refractivity (Wildman–Crippen MR) is 117 cm³/mol. The van der Waals surface area contributed by atoms with Crippen LogP contribution in [-0.4, -0.2) is 35.8 Å². The summed E-state index contributed by atoms with van der Waals surface area (Å²) in [6.07, 6.45) is 3.31. The molecule has 0 saturated heterocycles. The van der Waals surface area contributed by atoms with Crippen molar-refractivity contribution in [1.82, 2.24) is 24.1 Å². The van der Waals surface area contributed by atoms with Gasteiger partial charge in [0, 0.05) is 19.5 Å². The Kier molecular flexibility index (Phi) is 5.80. The largest absolute Gasteiger partial charge is 0.319 e. The van der Waals surface area contributed by atoms with E-state index in [0.29, 0.717) is 17.3 Å². The molecule has 0 unspecified atom stereocenters. The monoisotopic (exact) mass is 426 g/mol. The van der Waals surface area contributed by atoms with Crippen LogP contribution in [0, 0.1) is 6.92 Å². The zero-order chi connectivity index (χ0) is 21.3. The van der Waals surface area contributed by atoms with Crippen LogP contribution in [0.15, 0.2) is 40.3 Å². The first-order chi connectivity index (χ1) is 14.5. The van der Waals surface area contributed by atoms with Crippen molar-refractivity contribution in [2.75, 3.05) is 11.1 Å². The number of nitrogens with one attached hydrogen (secondary N) is 1. The lowest BCUT2D eigenvalue weighted by Crippen LogP contribution is -2.23. The maximum absolute atomic E-state index is 12.9. The van der Waals surface area contributed by atoms with E-state index in [1.807, 2.05) is 37.3 Å². The first-order valence-electron chi connectivity index (χ1n) is 10.2. The highest BCUT2D eigenvalue weighted by molar-refractivity contribution is 7.99. The van der Waals surface area contributed by atoms with Crippen LogP contribution < -0.4 is 10.9 Å². The van der Waals surface area contributed by atoms with E-state index in [2.05, 4.69) is 27.0 Å². The van der Waals surface area contributed by atoms with Gasteiger partial charge in [0.1, 0.15) is 11.5 Å². The number of anilines is 1. The van der Waals surface area contributed by atoms with Gasteiger partial charge in [-0.2, -0.15) is 0 Å². The number of amides is 1. The van der Waals surface area contributed by atoms with Crippen LogP contribution in [0.3, 0.4) is 0 Å². The van der Waals surface area contributed by atoms with E-state index in [1.54, 1.807) is 16.4 Å². The smallest absolute Gasteiger partial charge is 0.295 e. The standard InChI is InChI=1S/C21H26N6O2S/c1-4-12-26-19(15-10-11-15)23-24-21(26)30-13-17(28)22-18-14(2)25(3)27(20(18)29)16-8-6-5-7-9-16/h5-9,15H,4,10-13H2,1-3H3,(H,22,28). The van der Waals surface area contributed by atoms with E-state index >= 15 is 0 Å². The van der Waals surface area contributed by atoms with Crippen molar-refractivity contribution in [2.24, 2.45) is 7.05 Å². The molecule has 3 aromatic rings. The number of hydrogen-bond donors (Lipinski definition) is 1. The van der Waals surface area contributed by atoms with Crippen molar-refractivity contribution in [3.63, 3.8) is 0 Å². The number of para-hydroxylation sites is 1. The molecule has 4 rings (SSSR count). The fourth-order valence-corrected chi connectivity index (χ4v) is 4.27. The molecule has 1 aliphatic carbocycles. The molecule has 8 nitrogen and oxygen atoms in total. The topological polar surface area (TPSA) is 86.7 Å². The first kappa shape index (κ1) is 20.5. The van der Waals surface area contributed by atoms with Crippen LogP contribution in [-0.2, 0) is 18.4 Å². The zero-order valence-corrected chi connectivity index (χ0v) is 18.3. The van der Waals surface area contributed by atoms with Crippen LogP contribution in [0.2, 0.25) is 0 Å². The summed E-state index contributed by atoms with van der Waals surface area (Å²) in [5.41, 5.74) is 1.51. The van der Waals surface area contributed by atoms with Crippen molar-refractivity contribution < 1.29 is 4.79 Å². The Labute approximate surface area is 179 Å². The highest BCUT2D eigenvalue weighted by atomic mass is 32.2. The van der Waals surface area contributed by atoms with Gasteiger partial charge in [0.15, 0.2) is 5.16 Å². The average molecular weight is 427 g/mol. The van der Waals surface area contributed by atoms with Gasteiger partial charge in [-0.25, -0.2) is 4.68 Å². The summed E-state index contributed by atoms with van der Waals surface area (Å²) >= 11 is 1.36. The van der Waals surface area contributed by atoms with E-state index in [-0.39, 0.29) is 17.2 Å². The zero-order valence-electron chi connectivity index (χ0n) is 17.5. The Bertz CT molecular complexity index is 1110. The lowest BCUT2D eigenvalue weighted by atomic mass is 10.3. The summed E-state index contributed by atoms with van der Waals surface area (Å²) in [5.74, 6) is 1.48. The van der Waals surface area contributed by atoms with Gasteiger partial charge >= 0.3 is 0 Å². The quantitative estimate of drug-likeness (QED) is 0.560. The van der Waals surface area contributed by atoms with Gasteiger partial charge in [-0.15, -0.1) is 10.2 Å². The van der Waals surface area contributed by atoms with Gasteiger partial charge in [-0.1, -0.05) is 36.9 Å². The minimum Gasteiger partial charge on any atom is -0.319 e. The third-order valence-corrected chi connectivity index (χ3v) is 6.25. The van der Waals surface area contributed by atoms with Crippen LogP contribution in [0.5, 0.6) is 0 Å². The second kappa shape index (κ2) is 8.51. The number of benzene rings is 1. The summed E-state index contributed by atoms with van der Waals surface area (Å²) in [6.45, 7) is 4.79. The van der Waals surface area contributed by atoms with Gasteiger partial charge in [0.2, 0.25) is 5.91 Å². The lowest BCUT2D eigenvalue weighted by Gasteiger charge is -2.08. The second-order valence-electron chi connectivity index (χ2n) is 7.54. The number of thioether (sulfide) groups is 1. The maximum Gasteiger partial charge on any atom is 0.295 e. The van der Waals surface area contributed by atoms with Crippen LogP contribution >= 0.6 is 11.8 Å². The van der Waals surface area contributed by atoms with E-state index < -0.39 is 0 Å². The van der Waals surface area contributed by atoms with Crippen molar-refractivity contribution >= 4 is 23.4 Å². The SMILES string of the molecule is CCCn1c(SCC(=O)Nc2c(C)n(C)n(-c3ccccc3)c2=O)nnc1C1CC1. The molecule has 1 N–H and O–H groups in total. The number of carbonyl (C=O) groups is 1. The minimum atomic E-state index is -0.246. The molecule has 1 fully saturated rings. The summed E-state index contributed by atoms with van der Waals surface area (Å²) in [5, 5.41) is 12.2. The third kappa shape index (κ3) is 3.94. The summed E-state index contributed by atoms with van der Waals surface area (Å²) in [4.78, 5) is 25.6. The molecule has 1 aliphatic rings. The van der Waals surface area contributed by atoms with Crippen LogP contribution in [0.1, 0.15) is 43.6 Å². The molecule has 0 aliphatic heterocycles. The summed E-state index contributed by atoms with van der Waals surface area (Å²) < 4.78 is 5.43. The fraction of sp³-hybridized carbons (Fsp3) is 0.429. The molecule has 0 radical (unpaired) electrons. The van der Waals surface area contributed by atoms with Crippen molar-refractivity contribution in [2.45, 2.75) is 50.7 Å². The predicted octanol–water partition coefficient (Wildman–Crippen LogP) is 3.09. The normalized spacial score (nSPS) is 13.6. The minimum absolute atomic E-state index is 0.172. The van der Waals surface area contributed by atoms with E-state index in [9.17, 15) is 9.59 Å². The fourth-order valence-electron chi connectivity index (χ4n) is 3.50. The van der Waals surface area contributed by atoms with Gasteiger partial charge in [0.25, 0.3) is 5.56 Å². The summed E-state index contributed by atoms with van der Waals surface area (Å²) in [7, 11) is 1.81. The molecule has 30 heavy (non-hydrogen) atoms. The molecule has 9 heteroatoms. The molecule has 1 amide bonds. The Morgan fingerprint density at radius 3 is 2.63 bits per heavy atom. The Balaban J connectivity index is 1.48. The lowest BCUT2D eigenvalue weighted by molar-refractivity contribution is -0.113. The number of rotatable bonds is 8. The maximum atomic E-state index is 12.9. The third-order valence-electron chi connectivity index (χ3n) is 5.29. The van der Waals surface area contributed by atoms with E-state index in [1.165, 1.54) is 11.8 Å². The molecule has 0 spiro atoms. The first-order valence-corrected chi connectivity index (χ1v) is 11.2. The molecule has 2 heterocycles. The van der Waals surface area contributed by atoms with Crippen LogP contribution in [0.4, 0.5) is 5.69 Å². The number of aromatic nitrogens is 5. The average Bonchev–Trinajstić information content (AvgIpc) is 3.48. The highest BCUT2D eigenvalue weighted by Gasteiger charge is 2.30. The molecule has 1 aromatic carbocycles. The number of carbonyl (C=O) groups excluding carboxylic acids is 1. The highest BCUT2D eigenvalue weighted by Crippen LogP contribution is 2.40. The molecule has 0 atom stereocenters. The van der Waals surface area contributed by atoms with Crippen molar-refractivity contribution in [3.8, 4) is 5.69 Å². The van der Waals surface area contributed by atoms with E-state index in [0.717, 1.165) is 42.5 Å². The van der Waals surface area contributed by atoms with E-state index in [4.69, 9.17) is 0 Å². The molecular weight excluding hydrogens is 400 g/mol. The number of hydrogen-bond acceptors (Lipinski definition) is 5. The molecular formula is C21H26N6O2S. The molecule has 1 saturated carbocycles. The Morgan fingerprint density at radius 1 is 1.23 bits per heavy atom. The van der Waals surface area contributed by atoms with Crippen molar-refractivity contribution in [3.05, 3.63) is 52.2 Å².